The van der Waals surface area contributed by atoms with Crippen molar-refractivity contribution >= 4 is 34.8 Å². The minimum Gasteiger partial charge on any atom is -0.323 e. The van der Waals surface area contributed by atoms with E-state index in [9.17, 15) is 9.59 Å². The number of rotatable bonds is 5. The quantitative estimate of drug-likeness (QED) is 0.686. The van der Waals surface area contributed by atoms with Crippen LogP contribution in [0.4, 0.5) is 11.4 Å². The fourth-order valence-electron chi connectivity index (χ4n) is 2.79. The highest BCUT2D eigenvalue weighted by Crippen LogP contribution is 2.21. The molecule has 7 nitrogen and oxygen atoms in total. The molecule has 0 saturated carbocycles. The predicted molar refractivity (Wildman–Crippen MR) is 109 cm³/mol. The highest BCUT2D eigenvalue weighted by atomic mass is 35.5. The smallest absolute Gasteiger partial charge is 0.278 e. The molecule has 2 amide bonds. The number of benzene rings is 2. The molecule has 0 atom stereocenters. The van der Waals surface area contributed by atoms with Gasteiger partial charge in [0.15, 0.2) is 5.69 Å². The fraction of sp³-hybridized carbons (Fsp3) is 0.200. The zero-order chi connectivity index (χ0) is 20.3. The van der Waals surface area contributed by atoms with Gasteiger partial charge in [0, 0.05) is 5.69 Å². The number of nitrogens with one attached hydrogen (secondary N) is 2. The van der Waals surface area contributed by atoms with Crippen LogP contribution in [0.1, 0.15) is 27.3 Å². The second kappa shape index (κ2) is 8.22. The number of aromatic nitrogens is 3. The highest BCUT2D eigenvalue weighted by Gasteiger charge is 2.19. The number of aryl methyl sites for hydroxylation is 2. The van der Waals surface area contributed by atoms with E-state index in [2.05, 4.69) is 20.9 Å². The average Bonchev–Trinajstić information content (AvgIpc) is 3.01. The lowest BCUT2D eigenvalue weighted by atomic mass is 10.1. The van der Waals surface area contributed by atoms with Crippen LogP contribution in [0.15, 0.2) is 42.5 Å². The van der Waals surface area contributed by atoms with E-state index < -0.39 is 0 Å². The van der Waals surface area contributed by atoms with Crippen molar-refractivity contribution in [3.8, 4) is 0 Å². The van der Waals surface area contributed by atoms with E-state index in [1.165, 1.54) is 4.68 Å². The van der Waals surface area contributed by atoms with E-state index in [4.69, 9.17) is 11.6 Å². The first kappa shape index (κ1) is 19.6. The molecule has 0 saturated heterocycles. The minimum atomic E-state index is -0.368. The topological polar surface area (TPSA) is 88.9 Å². The Hall–Kier alpha value is -3.19. The maximum absolute atomic E-state index is 12.6. The molecule has 28 heavy (non-hydrogen) atoms. The van der Waals surface area contributed by atoms with Gasteiger partial charge in [0.2, 0.25) is 5.91 Å². The maximum atomic E-state index is 12.6. The highest BCUT2D eigenvalue weighted by molar-refractivity contribution is 6.33. The fourth-order valence-corrected chi connectivity index (χ4v) is 2.98. The van der Waals surface area contributed by atoms with Gasteiger partial charge in [-0.1, -0.05) is 47.1 Å². The number of anilines is 2. The molecule has 0 aliphatic carbocycles. The minimum absolute atomic E-state index is 0.0826. The van der Waals surface area contributed by atoms with Gasteiger partial charge in [0.25, 0.3) is 5.91 Å². The van der Waals surface area contributed by atoms with Gasteiger partial charge < -0.3 is 10.6 Å². The molecule has 0 spiro atoms. The molecule has 0 aliphatic rings. The zero-order valence-electron chi connectivity index (χ0n) is 15.8. The summed E-state index contributed by atoms with van der Waals surface area (Å²) in [5.41, 5.74) is 3.85. The van der Waals surface area contributed by atoms with Gasteiger partial charge in [-0.25, -0.2) is 4.68 Å². The van der Waals surface area contributed by atoms with Gasteiger partial charge in [-0.15, -0.1) is 5.10 Å². The van der Waals surface area contributed by atoms with Crippen LogP contribution in [0.2, 0.25) is 5.02 Å². The first-order valence-electron chi connectivity index (χ1n) is 8.69. The van der Waals surface area contributed by atoms with Crippen LogP contribution in [0, 0.1) is 20.8 Å². The van der Waals surface area contributed by atoms with Crippen LogP contribution >= 0.6 is 11.6 Å². The van der Waals surface area contributed by atoms with Crippen LogP contribution < -0.4 is 10.6 Å². The molecular formula is C20H20ClN5O2. The zero-order valence-corrected chi connectivity index (χ0v) is 16.5. The van der Waals surface area contributed by atoms with Gasteiger partial charge in [0.05, 0.1) is 16.4 Å². The summed E-state index contributed by atoms with van der Waals surface area (Å²) < 4.78 is 1.38. The van der Waals surface area contributed by atoms with Crippen molar-refractivity contribution in [3.63, 3.8) is 0 Å². The van der Waals surface area contributed by atoms with Gasteiger partial charge in [-0.2, -0.15) is 0 Å². The summed E-state index contributed by atoms with van der Waals surface area (Å²) in [7, 11) is 0. The van der Waals surface area contributed by atoms with E-state index >= 15 is 0 Å². The number of hydrogen-bond acceptors (Lipinski definition) is 4. The van der Waals surface area contributed by atoms with Crippen LogP contribution in [0.5, 0.6) is 0 Å². The third-order valence-corrected chi connectivity index (χ3v) is 4.69. The van der Waals surface area contributed by atoms with E-state index in [1.807, 2.05) is 32.0 Å². The summed E-state index contributed by atoms with van der Waals surface area (Å²) in [6, 6.07) is 12.7. The van der Waals surface area contributed by atoms with Crippen LogP contribution in [0.25, 0.3) is 0 Å². The Morgan fingerprint density at radius 2 is 1.68 bits per heavy atom. The first-order chi connectivity index (χ1) is 13.4. The van der Waals surface area contributed by atoms with Crippen molar-refractivity contribution in [2.45, 2.75) is 27.3 Å². The number of carbonyl (C=O) groups excluding carboxylic acids is 2. The monoisotopic (exact) mass is 397 g/mol. The summed E-state index contributed by atoms with van der Waals surface area (Å²) in [6.45, 7) is 5.46. The first-order valence-corrected chi connectivity index (χ1v) is 9.06. The van der Waals surface area contributed by atoms with E-state index in [-0.39, 0.29) is 24.1 Å². The Morgan fingerprint density at radius 1 is 1.00 bits per heavy atom. The third-order valence-electron chi connectivity index (χ3n) is 4.36. The normalized spacial score (nSPS) is 10.6. The van der Waals surface area contributed by atoms with Crippen molar-refractivity contribution in [1.29, 1.82) is 0 Å². The van der Waals surface area contributed by atoms with Gasteiger partial charge in [0.1, 0.15) is 6.54 Å². The Morgan fingerprint density at radius 3 is 2.36 bits per heavy atom. The number of amides is 2. The molecule has 0 unspecified atom stereocenters. The van der Waals surface area contributed by atoms with Gasteiger partial charge >= 0.3 is 0 Å². The van der Waals surface area contributed by atoms with Gasteiger partial charge in [-0.05, 0) is 44.0 Å². The third kappa shape index (κ3) is 4.20. The molecule has 8 heteroatoms. The molecule has 1 heterocycles. The van der Waals surface area contributed by atoms with Crippen LogP contribution in [0.3, 0.4) is 0 Å². The number of carbonyl (C=O) groups is 2. The summed E-state index contributed by atoms with van der Waals surface area (Å²) in [4.78, 5) is 24.9. The van der Waals surface area contributed by atoms with Crippen molar-refractivity contribution in [2.24, 2.45) is 0 Å². The Bertz CT molecular complexity index is 1020. The summed E-state index contributed by atoms with van der Waals surface area (Å²) in [5.74, 6) is -0.685. The average molecular weight is 398 g/mol. The molecule has 1 aromatic heterocycles. The van der Waals surface area contributed by atoms with Crippen molar-refractivity contribution < 1.29 is 9.59 Å². The summed E-state index contributed by atoms with van der Waals surface area (Å²) >= 11 is 6.05. The van der Waals surface area contributed by atoms with E-state index in [0.29, 0.717) is 16.4 Å². The number of nitrogens with zero attached hydrogens (tertiary/aromatic N) is 3. The molecule has 3 aromatic rings. The van der Waals surface area contributed by atoms with Crippen molar-refractivity contribution in [1.82, 2.24) is 15.0 Å². The molecule has 2 aromatic carbocycles. The van der Waals surface area contributed by atoms with E-state index in [0.717, 1.165) is 16.8 Å². The largest absolute Gasteiger partial charge is 0.323 e. The Labute approximate surface area is 167 Å². The SMILES string of the molecule is Cc1cccc(C)c1NC(=O)c1nnn(CC(=O)Nc2ccccc2Cl)c1C. The summed E-state index contributed by atoms with van der Waals surface area (Å²) in [6.07, 6.45) is 0. The molecule has 0 radical (unpaired) electrons. The molecule has 144 valence electrons. The Kier molecular flexibility index (Phi) is 5.75. The standard InChI is InChI=1S/C20H20ClN5O2/c1-12-7-6-8-13(2)18(12)23-20(28)19-14(3)26(25-24-19)11-17(27)22-16-10-5-4-9-15(16)21/h4-10H,11H2,1-3H3,(H,22,27)(H,23,28). The second-order valence-corrected chi connectivity index (χ2v) is 6.84. The molecule has 0 aliphatic heterocycles. The van der Waals surface area contributed by atoms with Crippen molar-refractivity contribution in [2.75, 3.05) is 10.6 Å². The lowest BCUT2D eigenvalue weighted by Gasteiger charge is -2.11. The van der Waals surface area contributed by atoms with Crippen LogP contribution in [-0.4, -0.2) is 26.8 Å². The Balaban J connectivity index is 1.72. The van der Waals surface area contributed by atoms with E-state index in [1.54, 1.807) is 31.2 Å². The predicted octanol–water partition coefficient (Wildman–Crippen LogP) is 3.75. The molecule has 0 fully saturated rings. The lowest BCUT2D eigenvalue weighted by molar-refractivity contribution is -0.117. The van der Waals surface area contributed by atoms with Crippen LogP contribution in [-0.2, 0) is 11.3 Å². The number of halogens is 1. The molecule has 0 bridgehead atoms. The number of para-hydroxylation sites is 2. The van der Waals surface area contributed by atoms with Gasteiger partial charge in [-0.3, -0.25) is 9.59 Å². The molecule has 2 N–H and O–H groups in total. The molecular weight excluding hydrogens is 378 g/mol. The van der Waals surface area contributed by atoms with Crippen molar-refractivity contribution in [3.05, 3.63) is 70.0 Å². The second-order valence-electron chi connectivity index (χ2n) is 6.43. The summed E-state index contributed by atoms with van der Waals surface area (Å²) in [5, 5.41) is 13.9. The number of hydrogen-bond donors (Lipinski definition) is 2. The lowest BCUT2D eigenvalue weighted by Crippen LogP contribution is -2.21. The molecule has 3 rings (SSSR count). The maximum Gasteiger partial charge on any atom is 0.278 e.